The maximum Gasteiger partial charge on any atom is 0.258 e. The van der Waals surface area contributed by atoms with Gasteiger partial charge >= 0.3 is 0 Å². The number of H-pyrrole nitrogens is 1. The molecule has 8 heteroatoms. The summed E-state index contributed by atoms with van der Waals surface area (Å²) in [6, 6.07) is 7.54. The van der Waals surface area contributed by atoms with Crippen LogP contribution in [0.4, 0.5) is 0 Å². The number of likely N-dealkylation sites (tertiary alicyclic amines) is 1. The Morgan fingerprint density at radius 3 is 2.70 bits per heavy atom. The number of hydrogen-bond acceptors (Lipinski definition) is 5. The van der Waals surface area contributed by atoms with Crippen molar-refractivity contribution in [3.8, 4) is 5.75 Å². The molecule has 4 rings (SSSR count). The lowest BCUT2D eigenvalue weighted by Crippen LogP contribution is -3.10. The molecule has 2 aromatic heterocycles. The van der Waals surface area contributed by atoms with E-state index in [0.29, 0.717) is 12.2 Å². The Bertz CT molecular complexity index is 1080. The summed E-state index contributed by atoms with van der Waals surface area (Å²) in [4.78, 5) is 17.6. The number of ether oxygens (including phenoxy) is 1. The van der Waals surface area contributed by atoms with Gasteiger partial charge in [0, 0.05) is 23.7 Å². The lowest BCUT2D eigenvalue weighted by molar-refractivity contribution is -0.914. The average Bonchev–Trinajstić information content (AvgIpc) is 3.42. The molecule has 1 aliphatic heterocycles. The first-order valence-corrected chi connectivity index (χ1v) is 10.9. The van der Waals surface area contributed by atoms with Crippen LogP contribution < -0.4 is 15.2 Å². The van der Waals surface area contributed by atoms with Crippen molar-refractivity contribution in [2.24, 2.45) is 0 Å². The van der Waals surface area contributed by atoms with Crippen LogP contribution in [-0.4, -0.2) is 44.9 Å². The number of nitrogens with zero attached hydrogens (tertiary/aromatic N) is 4. The second-order valence-electron chi connectivity index (χ2n) is 8.65. The topological polar surface area (TPSA) is 90.1 Å². The average molecular weight is 412 g/mol. The molecular formula is C22H31N6O2+. The third-order valence-electron chi connectivity index (χ3n) is 6.31. The van der Waals surface area contributed by atoms with Gasteiger partial charge in [0.25, 0.3) is 5.56 Å². The summed E-state index contributed by atoms with van der Waals surface area (Å²) in [5, 5.41) is 13.7. The first kappa shape index (κ1) is 20.5. The van der Waals surface area contributed by atoms with Gasteiger partial charge < -0.3 is 14.6 Å². The van der Waals surface area contributed by atoms with Crippen molar-refractivity contribution in [3.05, 3.63) is 46.0 Å². The molecule has 3 aromatic rings. The summed E-state index contributed by atoms with van der Waals surface area (Å²) in [5.74, 6) is 1.55. The highest BCUT2D eigenvalue weighted by Gasteiger charge is 2.38. The van der Waals surface area contributed by atoms with Crippen LogP contribution in [0.15, 0.2) is 29.1 Å². The maximum absolute atomic E-state index is 13.2. The molecule has 1 saturated heterocycles. The molecule has 1 fully saturated rings. The molecule has 2 N–H and O–H groups in total. The number of rotatable bonds is 7. The number of aromatic amines is 1. The zero-order valence-corrected chi connectivity index (χ0v) is 18.2. The molecular weight excluding hydrogens is 380 g/mol. The third-order valence-corrected chi connectivity index (χ3v) is 6.31. The smallest absolute Gasteiger partial charge is 0.258 e. The lowest BCUT2D eigenvalue weighted by Gasteiger charge is -2.29. The molecule has 0 spiro atoms. The van der Waals surface area contributed by atoms with Gasteiger partial charge in [0.15, 0.2) is 6.04 Å². The molecule has 0 bridgehead atoms. The Balaban J connectivity index is 1.88. The molecule has 1 aromatic carbocycles. The normalized spacial score (nSPS) is 16.3. The van der Waals surface area contributed by atoms with Crippen LogP contribution in [-0.2, 0) is 5.54 Å². The molecule has 3 heterocycles. The van der Waals surface area contributed by atoms with Gasteiger partial charge in [0.2, 0.25) is 5.82 Å². The van der Waals surface area contributed by atoms with Gasteiger partial charge in [-0.15, -0.1) is 5.10 Å². The molecule has 1 atom stereocenters. The van der Waals surface area contributed by atoms with E-state index in [1.807, 2.05) is 35.9 Å². The quantitative estimate of drug-likeness (QED) is 0.619. The van der Waals surface area contributed by atoms with Crippen LogP contribution in [0.3, 0.4) is 0 Å². The van der Waals surface area contributed by atoms with Gasteiger partial charge in [-0.25, -0.2) is 4.68 Å². The number of benzene rings is 1. The molecule has 0 radical (unpaired) electrons. The van der Waals surface area contributed by atoms with Gasteiger partial charge in [-0.05, 0) is 61.9 Å². The van der Waals surface area contributed by atoms with Gasteiger partial charge in [0.05, 0.1) is 30.8 Å². The Morgan fingerprint density at radius 2 is 2.00 bits per heavy atom. The standard InChI is InChI=1S/C22H30N6O2/c1-5-22(3,4)28-20(24-25-26-28)19(27-11-7-8-12-27)17-14-15-13-16(30-6-2)9-10-18(15)23-21(17)29/h9-10,13-14,19H,5-8,11-12H2,1-4H3,(H,23,29)/p+1/t19-/m1/s1. The molecule has 0 aliphatic carbocycles. The SMILES string of the molecule is CCOc1ccc2[nH]c(=O)c([C@H](c3nnnn3C(C)(C)CC)[NH+]3CCCC3)cc2c1. The Kier molecular flexibility index (Phi) is 5.60. The highest BCUT2D eigenvalue weighted by molar-refractivity contribution is 5.80. The zero-order chi connectivity index (χ0) is 21.3. The molecule has 0 amide bonds. The van der Waals surface area contributed by atoms with Crippen LogP contribution >= 0.6 is 0 Å². The van der Waals surface area contributed by atoms with E-state index in [2.05, 4.69) is 41.3 Å². The third kappa shape index (κ3) is 3.71. The molecule has 0 saturated carbocycles. The van der Waals surface area contributed by atoms with Crippen molar-refractivity contribution >= 4 is 10.9 Å². The highest BCUT2D eigenvalue weighted by atomic mass is 16.5. The molecule has 160 valence electrons. The zero-order valence-electron chi connectivity index (χ0n) is 18.2. The number of pyridine rings is 1. The first-order chi connectivity index (χ1) is 14.4. The van der Waals surface area contributed by atoms with E-state index in [-0.39, 0.29) is 17.1 Å². The van der Waals surface area contributed by atoms with Crippen LogP contribution in [0.1, 0.15) is 64.4 Å². The van der Waals surface area contributed by atoms with Crippen molar-refractivity contribution < 1.29 is 9.64 Å². The predicted octanol–water partition coefficient (Wildman–Crippen LogP) is 1.83. The summed E-state index contributed by atoms with van der Waals surface area (Å²) < 4.78 is 7.57. The summed E-state index contributed by atoms with van der Waals surface area (Å²) in [5.41, 5.74) is 1.19. The van der Waals surface area contributed by atoms with Crippen molar-refractivity contribution in [1.29, 1.82) is 0 Å². The van der Waals surface area contributed by atoms with Gasteiger partial charge in [-0.1, -0.05) is 6.92 Å². The van der Waals surface area contributed by atoms with Crippen LogP contribution in [0.5, 0.6) is 5.75 Å². The maximum atomic E-state index is 13.2. The van der Waals surface area contributed by atoms with Crippen molar-refractivity contribution in [2.75, 3.05) is 19.7 Å². The number of tetrazole rings is 1. The van der Waals surface area contributed by atoms with Crippen LogP contribution in [0.2, 0.25) is 0 Å². The molecule has 30 heavy (non-hydrogen) atoms. The van der Waals surface area contributed by atoms with E-state index in [1.54, 1.807) is 0 Å². The highest BCUT2D eigenvalue weighted by Crippen LogP contribution is 2.26. The van der Waals surface area contributed by atoms with E-state index in [9.17, 15) is 4.79 Å². The predicted molar refractivity (Wildman–Crippen MR) is 115 cm³/mol. The summed E-state index contributed by atoms with van der Waals surface area (Å²) in [6.07, 6.45) is 3.17. The monoisotopic (exact) mass is 411 g/mol. The molecule has 1 aliphatic rings. The summed E-state index contributed by atoms with van der Waals surface area (Å²) in [6.45, 7) is 10.9. The number of fused-ring (bicyclic) bond motifs is 1. The van der Waals surface area contributed by atoms with Crippen molar-refractivity contribution in [3.63, 3.8) is 0 Å². The Labute approximate surface area is 176 Å². The molecule has 0 unspecified atom stereocenters. The van der Waals surface area contributed by atoms with E-state index in [1.165, 1.54) is 4.90 Å². The molecule has 8 nitrogen and oxygen atoms in total. The van der Waals surface area contributed by atoms with E-state index < -0.39 is 0 Å². The Morgan fingerprint density at radius 1 is 1.23 bits per heavy atom. The van der Waals surface area contributed by atoms with Crippen LogP contribution in [0.25, 0.3) is 10.9 Å². The van der Waals surface area contributed by atoms with Crippen molar-refractivity contribution in [2.45, 2.75) is 58.5 Å². The van der Waals surface area contributed by atoms with Crippen molar-refractivity contribution in [1.82, 2.24) is 25.2 Å². The largest absolute Gasteiger partial charge is 0.494 e. The number of aromatic nitrogens is 5. The van der Waals surface area contributed by atoms with Gasteiger partial charge in [-0.3, -0.25) is 4.79 Å². The minimum absolute atomic E-state index is 0.0834. The minimum atomic E-state index is -0.234. The number of hydrogen-bond donors (Lipinski definition) is 2. The number of nitrogens with one attached hydrogen (secondary N) is 2. The second-order valence-corrected chi connectivity index (χ2v) is 8.65. The minimum Gasteiger partial charge on any atom is -0.494 e. The van der Waals surface area contributed by atoms with E-state index in [4.69, 9.17) is 4.74 Å². The van der Waals surface area contributed by atoms with E-state index >= 15 is 0 Å². The second kappa shape index (κ2) is 8.18. The first-order valence-electron chi connectivity index (χ1n) is 10.9. The lowest BCUT2D eigenvalue weighted by atomic mass is 9.99. The fourth-order valence-electron chi connectivity index (χ4n) is 4.29. The van der Waals surface area contributed by atoms with Crippen LogP contribution in [0, 0.1) is 0 Å². The Hall–Kier alpha value is -2.74. The van der Waals surface area contributed by atoms with Gasteiger partial charge in [0.1, 0.15) is 5.75 Å². The van der Waals surface area contributed by atoms with E-state index in [0.717, 1.165) is 54.8 Å². The fourth-order valence-corrected chi connectivity index (χ4v) is 4.29. The number of quaternary nitrogens is 1. The fraction of sp³-hybridized carbons (Fsp3) is 0.545. The summed E-state index contributed by atoms with van der Waals surface area (Å²) in [7, 11) is 0. The van der Waals surface area contributed by atoms with Gasteiger partial charge in [-0.2, -0.15) is 0 Å². The summed E-state index contributed by atoms with van der Waals surface area (Å²) >= 11 is 0.